The number of hydrogen-bond acceptors (Lipinski definition) is 5. The molecule has 6 nitrogen and oxygen atoms in total. The Kier molecular flexibility index (Phi) is 7.74. The fraction of sp³-hybridized carbons (Fsp3) is 0.267. The summed E-state index contributed by atoms with van der Waals surface area (Å²) in [4.78, 5) is 21.2. The molecule has 1 atom stereocenters. The second-order valence-electron chi connectivity index (χ2n) is 9.60. The monoisotopic (exact) mass is 545 g/mol. The van der Waals surface area contributed by atoms with Crippen LogP contribution in [-0.2, 0) is 40.6 Å². The zero-order valence-corrected chi connectivity index (χ0v) is 23.2. The van der Waals surface area contributed by atoms with Gasteiger partial charge >= 0.3 is 0 Å². The van der Waals surface area contributed by atoms with Crippen LogP contribution in [0.25, 0.3) is 0 Å². The van der Waals surface area contributed by atoms with Gasteiger partial charge in [0.05, 0.1) is 23.6 Å². The van der Waals surface area contributed by atoms with Gasteiger partial charge in [0.1, 0.15) is 0 Å². The van der Waals surface area contributed by atoms with Gasteiger partial charge in [-0.1, -0.05) is 37.3 Å². The van der Waals surface area contributed by atoms with E-state index in [1.54, 1.807) is 28.4 Å². The molecule has 2 aromatic heterocycles. The average molecular weight is 546 g/mol. The predicted octanol–water partition coefficient (Wildman–Crippen LogP) is 5.76. The predicted molar refractivity (Wildman–Crippen MR) is 152 cm³/mol. The maximum absolute atomic E-state index is 13.5. The summed E-state index contributed by atoms with van der Waals surface area (Å²) in [5.41, 5.74) is 5.55. The van der Waals surface area contributed by atoms with Gasteiger partial charge in [0.15, 0.2) is 0 Å². The number of aromatic nitrogens is 1. The second kappa shape index (κ2) is 11.2. The summed E-state index contributed by atoms with van der Waals surface area (Å²) < 4.78 is 29.3. The molecule has 196 valence electrons. The first-order valence-corrected chi connectivity index (χ1v) is 15.2. The number of aryl methyl sites for hydroxylation is 3. The lowest BCUT2D eigenvalue weighted by Crippen LogP contribution is -2.32. The molecule has 1 amide bonds. The molecule has 0 radical (unpaired) electrons. The van der Waals surface area contributed by atoms with E-state index in [4.69, 9.17) is 0 Å². The SMILES string of the molecule is CCc1ccc(S(=O)(=O)NC2CCc3ccc(N(Cc4cccc(C)n4)C(=O)Cc4cccs4)cc32)cc1. The summed E-state index contributed by atoms with van der Waals surface area (Å²) in [6, 6.07) is 22.3. The van der Waals surface area contributed by atoms with Crippen molar-refractivity contribution in [2.45, 2.75) is 57.0 Å². The minimum Gasteiger partial charge on any atom is -0.306 e. The number of carbonyl (C=O) groups excluding carboxylic acids is 1. The van der Waals surface area contributed by atoms with Crippen molar-refractivity contribution >= 4 is 33.0 Å². The molecule has 0 spiro atoms. The van der Waals surface area contributed by atoms with Crippen LogP contribution in [0.3, 0.4) is 0 Å². The summed E-state index contributed by atoms with van der Waals surface area (Å²) in [5.74, 6) is -0.0261. The van der Waals surface area contributed by atoms with Crippen molar-refractivity contribution < 1.29 is 13.2 Å². The molecule has 4 aromatic rings. The smallest absolute Gasteiger partial charge is 0.241 e. The van der Waals surface area contributed by atoms with Gasteiger partial charge in [-0.15, -0.1) is 11.3 Å². The molecule has 0 bridgehead atoms. The molecular formula is C30H31N3O3S2. The van der Waals surface area contributed by atoms with Crippen LogP contribution >= 0.6 is 11.3 Å². The molecule has 0 saturated carbocycles. The van der Waals surface area contributed by atoms with Crippen LogP contribution in [0.4, 0.5) is 5.69 Å². The molecule has 1 aliphatic rings. The van der Waals surface area contributed by atoms with E-state index < -0.39 is 10.0 Å². The van der Waals surface area contributed by atoms with Crippen molar-refractivity contribution in [2.24, 2.45) is 0 Å². The normalized spacial score (nSPS) is 14.8. The number of fused-ring (bicyclic) bond motifs is 1. The minimum atomic E-state index is -3.69. The van der Waals surface area contributed by atoms with Crippen LogP contribution in [-0.4, -0.2) is 19.3 Å². The molecule has 2 aromatic carbocycles. The second-order valence-corrected chi connectivity index (χ2v) is 12.3. The lowest BCUT2D eigenvalue weighted by atomic mass is 10.1. The number of anilines is 1. The number of thiophene rings is 1. The number of nitrogens with zero attached hydrogens (tertiary/aromatic N) is 2. The quantitative estimate of drug-likeness (QED) is 0.290. The van der Waals surface area contributed by atoms with Crippen LogP contribution < -0.4 is 9.62 Å². The fourth-order valence-corrected chi connectivity index (χ4v) is 6.82. The van der Waals surface area contributed by atoms with Crippen LogP contribution in [0.2, 0.25) is 0 Å². The molecule has 0 saturated heterocycles. The van der Waals surface area contributed by atoms with Gasteiger partial charge in [-0.05, 0) is 90.7 Å². The molecule has 1 N–H and O–H groups in total. The molecule has 2 heterocycles. The third-order valence-electron chi connectivity index (χ3n) is 6.93. The number of pyridine rings is 1. The molecule has 5 rings (SSSR count). The third-order valence-corrected chi connectivity index (χ3v) is 9.29. The Labute approximate surface area is 228 Å². The average Bonchev–Trinajstić information content (AvgIpc) is 3.57. The number of rotatable bonds is 9. The first kappa shape index (κ1) is 26.3. The molecule has 8 heteroatoms. The van der Waals surface area contributed by atoms with Crippen molar-refractivity contribution in [3.8, 4) is 0 Å². The molecule has 0 fully saturated rings. The van der Waals surface area contributed by atoms with E-state index in [0.717, 1.165) is 51.5 Å². The summed E-state index contributed by atoms with van der Waals surface area (Å²) in [7, 11) is -3.69. The largest absolute Gasteiger partial charge is 0.306 e. The Hall–Kier alpha value is -3.33. The maximum Gasteiger partial charge on any atom is 0.241 e. The number of hydrogen-bond donors (Lipinski definition) is 1. The zero-order valence-electron chi connectivity index (χ0n) is 21.6. The van der Waals surface area contributed by atoms with E-state index in [1.165, 1.54) is 0 Å². The van der Waals surface area contributed by atoms with Gasteiger partial charge in [0.25, 0.3) is 0 Å². The summed E-state index contributed by atoms with van der Waals surface area (Å²) in [5, 5.41) is 1.97. The molecule has 1 unspecified atom stereocenters. The van der Waals surface area contributed by atoms with E-state index in [1.807, 2.05) is 79.9 Å². The van der Waals surface area contributed by atoms with Gasteiger partial charge < -0.3 is 4.90 Å². The summed E-state index contributed by atoms with van der Waals surface area (Å²) >= 11 is 1.56. The molecular weight excluding hydrogens is 514 g/mol. The molecule has 1 aliphatic carbocycles. The Balaban J connectivity index is 1.44. The van der Waals surface area contributed by atoms with E-state index in [0.29, 0.717) is 19.4 Å². The van der Waals surface area contributed by atoms with Crippen molar-refractivity contribution in [3.05, 3.63) is 111 Å². The number of carbonyl (C=O) groups is 1. The van der Waals surface area contributed by atoms with Crippen LogP contribution in [0, 0.1) is 6.92 Å². The van der Waals surface area contributed by atoms with Gasteiger partial charge in [0, 0.05) is 22.3 Å². The van der Waals surface area contributed by atoms with Crippen LogP contribution in [0.5, 0.6) is 0 Å². The highest BCUT2D eigenvalue weighted by atomic mass is 32.2. The van der Waals surface area contributed by atoms with Crippen LogP contribution in [0.15, 0.2) is 83.1 Å². The number of nitrogens with one attached hydrogen (secondary N) is 1. The first-order chi connectivity index (χ1) is 18.3. The highest BCUT2D eigenvalue weighted by Gasteiger charge is 2.29. The topological polar surface area (TPSA) is 79.4 Å². The van der Waals surface area contributed by atoms with Gasteiger partial charge in [-0.3, -0.25) is 9.78 Å². The van der Waals surface area contributed by atoms with E-state index >= 15 is 0 Å². The number of amides is 1. The standard InChI is InChI=1S/C30H31N3O3S2/c1-3-22-9-14-27(15-10-22)38(35,36)32-29-16-12-23-11-13-25(18-28(23)29)33(20-24-7-4-6-21(2)31-24)30(34)19-26-8-5-17-37-26/h4-11,13-15,17-18,29,32H,3,12,16,19-20H2,1-2H3. The van der Waals surface area contributed by atoms with E-state index in [9.17, 15) is 13.2 Å². The Morgan fingerprint density at radius 3 is 2.61 bits per heavy atom. The number of benzene rings is 2. The Morgan fingerprint density at radius 2 is 1.89 bits per heavy atom. The highest BCUT2D eigenvalue weighted by molar-refractivity contribution is 7.89. The van der Waals surface area contributed by atoms with Crippen LogP contribution in [0.1, 0.15) is 52.3 Å². The van der Waals surface area contributed by atoms with Gasteiger partial charge in [-0.2, -0.15) is 0 Å². The molecule has 0 aliphatic heterocycles. The van der Waals surface area contributed by atoms with E-state index in [2.05, 4.69) is 9.71 Å². The zero-order chi connectivity index (χ0) is 26.7. The van der Waals surface area contributed by atoms with E-state index in [-0.39, 0.29) is 16.8 Å². The maximum atomic E-state index is 13.5. The Bertz CT molecular complexity index is 1530. The van der Waals surface area contributed by atoms with Gasteiger partial charge in [-0.25, -0.2) is 13.1 Å². The first-order valence-electron chi connectivity index (χ1n) is 12.8. The van der Waals surface area contributed by atoms with Crippen molar-refractivity contribution in [1.29, 1.82) is 0 Å². The highest BCUT2D eigenvalue weighted by Crippen LogP contribution is 2.36. The van der Waals surface area contributed by atoms with Gasteiger partial charge in [0.2, 0.25) is 15.9 Å². The Morgan fingerprint density at radius 1 is 1.08 bits per heavy atom. The van der Waals surface area contributed by atoms with Crippen molar-refractivity contribution in [2.75, 3.05) is 4.90 Å². The van der Waals surface area contributed by atoms with Crippen molar-refractivity contribution in [3.63, 3.8) is 0 Å². The summed E-state index contributed by atoms with van der Waals surface area (Å²) in [6.07, 6.45) is 2.60. The molecule has 38 heavy (non-hydrogen) atoms. The summed E-state index contributed by atoms with van der Waals surface area (Å²) in [6.45, 7) is 4.31. The number of sulfonamides is 1. The third kappa shape index (κ3) is 5.88. The fourth-order valence-electron chi connectivity index (χ4n) is 4.87. The lowest BCUT2D eigenvalue weighted by molar-refractivity contribution is -0.118. The minimum absolute atomic E-state index is 0.0261. The lowest BCUT2D eigenvalue weighted by Gasteiger charge is -2.24. The van der Waals surface area contributed by atoms with Crippen molar-refractivity contribution in [1.82, 2.24) is 9.71 Å².